The van der Waals surface area contributed by atoms with Crippen LogP contribution in [0.5, 0.6) is 0 Å². The number of carbonyl (C=O) groups excluding carboxylic acids is 1. The van der Waals surface area contributed by atoms with Crippen LogP contribution in [0.1, 0.15) is 6.92 Å². The Morgan fingerprint density at radius 1 is 1.55 bits per heavy atom. The second-order valence-corrected chi connectivity index (χ2v) is 4.13. The Kier molecular flexibility index (Phi) is 10.8. The van der Waals surface area contributed by atoms with Crippen LogP contribution in [0.2, 0.25) is 0 Å². The molecular weight excluding hydrogens is 412 g/mol. The maximum Gasteiger partial charge on any atom is 0.323 e. The number of alkyl halides is 2. The molecule has 0 aromatic carbocycles. The van der Waals surface area contributed by atoms with E-state index in [2.05, 4.69) is 64.9 Å². The van der Waals surface area contributed by atoms with Crippen LogP contribution in [0.4, 0.5) is 0 Å². The lowest BCUT2D eigenvalue weighted by molar-refractivity contribution is -0.142. The lowest BCUT2D eigenvalue weighted by Gasteiger charge is -2.14. The van der Waals surface area contributed by atoms with Gasteiger partial charge in [-0.1, -0.05) is 31.9 Å². The monoisotopic (exact) mass is 416 g/mol. The van der Waals surface area contributed by atoms with Crippen molar-refractivity contribution in [1.82, 2.24) is 0 Å². The van der Waals surface area contributed by atoms with Crippen LogP contribution >= 0.6 is 60.1 Å². The van der Waals surface area contributed by atoms with Crippen molar-refractivity contribution in [3.05, 3.63) is 0 Å². The highest BCUT2D eigenvalue weighted by Crippen LogP contribution is 2.20. The van der Waals surface area contributed by atoms with Crippen LogP contribution in [0.15, 0.2) is 0 Å². The van der Waals surface area contributed by atoms with E-state index in [1.165, 1.54) is 7.11 Å². The second kappa shape index (κ2) is 8.01. The van der Waals surface area contributed by atoms with E-state index in [4.69, 9.17) is 0 Å². The van der Waals surface area contributed by atoms with E-state index >= 15 is 0 Å². The van der Waals surface area contributed by atoms with Crippen molar-refractivity contribution in [1.29, 1.82) is 0 Å². The molecule has 0 bridgehead atoms. The summed E-state index contributed by atoms with van der Waals surface area (Å²) >= 11 is 11.8. The molecule has 0 amide bonds. The maximum absolute atomic E-state index is 10.8. The van der Waals surface area contributed by atoms with Crippen molar-refractivity contribution in [2.75, 3.05) is 12.4 Å². The number of esters is 1. The molecule has 0 rings (SSSR count). The Bertz CT molecular complexity index is 115. The van der Waals surface area contributed by atoms with Crippen LogP contribution in [0.3, 0.4) is 0 Å². The van der Waals surface area contributed by atoms with Crippen molar-refractivity contribution < 1.29 is 9.53 Å². The maximum atomic E-state index is 10.8. The minimum absolute atomic E-state index is 0.264. The van der Waals surface area contributed by atoms with Gasteiger partial charge in [-0.15, -0.1) is 0 Å². The number of halogens is 4. The molecule has 0 spiro atoms. The first-order chi connectivity index (χ1) is 5.04. The minimum atomic E-state index is -0.582. The zero-order valence-electron chi connectivity index (χ0n) is 6.04. The third-order valence-electron chi connectivity index (χ3n) is 0.862. The molecule has 0 aliphatic carbocycles. The van der Waals surface area contributed by atoms with E-state index in [0.717, 1.165) is 0 Å². The van der Waals surface area contributed by atoms with Gasteiger partial charge in [0, 0.05) is 33.6 Å². The zero-order chi connectivity index (χ0) is 9.49. The first kappa shape index (κ1) is 14.9. The van der Waals surface area contributed by atoms with E-state index in [9.17, 15) is 4.79 Å². The van der Waals surface area contributed by atoms with Crippen molar-refractivity contribution in [3.63, 3.8) is 0 Å². The predicted molar refractivity (Wildman–Crippen MR) is 61.0 cm³/mol. The third kappa shape index (κ3) is 6.54. The van der Waals surface area contributed by atoms with E-state index in [-0.39, 0.29) is 5.97 Å². The molecule has 68 valence electrons. The molecule has 0 aromatic rings. The fraction of sp³-hybridized carbons (Fsp3) is 0.800. The Hall–Kier alpha value is 1.39. The van der Waals surface area contributed by atoms with Gasteiger partial charge in [0.05, 0.1) is 7.11 Å². The largest absolute Gasteiger partial charge is 0.468 e. The summed E-state index contributed by atoms with van der Waals surface area (Å²) in [7, 11) is 1.37. The highest BCUT2D eigenvalue weighted by atomic mass is 80.9. The summed E-state index contributed by atoms with van der Waals surface area (Å²) in [5.41, 5.74) is 0. The molecule has 1 atom stereocenters. The quantitative estimate of drug-likeness (QED) is 0.506. The van der Waals surface area contributed by atoms with Gasteiger partial charge in [0.25, 0.3) is 0 Å². The van der Waals surface area contributed by atoms with Gasteiger partial charge in [0.15, 0.2) is 0 Å². The lowest BCUT2D eigenvalue weighted by atomic mass is 10.2. The van der Waals surface area contributed by atoms with Gasteiger partial charge in [-0.3, -0.25) is 4.79 Å². The summed E-state index contributed by atoms with van der Waals surface area (Å²) < 4.78 is 3.91. The minimum Gasteiger partial charge on any atom is -0.468 e. The molecule has 0 aliphatic heterocycles. The second-order valence-electron chi connectivity index (χ2n) is 1.82. The summed E-state index contributed by atoms with van der Waals surface area (Å²) in [6.45, 7) is 1.74. The number of carbonyl (C=O) groups is 1. The average Bonchev–Trinajstić information content (AvgIpc) is 2.06. The summed E-state index contributed by atoms with van der Waals surface area (Å²) in [6, 6.07) is 0. The molecule has 0 saturated heterocycles. The molecule has 0 saturated carbocycles. The standard InChI is InChI=1S/C5H8Br2O2.Br2/c1-5(7,3-6)4(8)9-2;1-2/h3H2,1-2H3;. The van der Waals surface area contributed by atoms with Crippen molar-refractivity contribution in [2.45, 2.75) is 11.2 Å². The molecule has 2 nitrogen and oxygen atoms in total. The Morgan fingerprint density at radius 3 is 2.00 bits per heavy atom. The predicted octanol–water partition coefficient (Wildman–Crippen LogP) is 3.40. The van der Waals surface area contributed by atoms with Crippen LogP contribution in [-0.4, -0.2) is 22.7 Å². The van der Waals surface area contributed by atoms with Gasteiger partial charge in [-0.05, 0) is 6.92 Å². The van der Waals surface area contributed by atoms with E-state index in [1.54, 1.807) is 6.92 Å². The first-order valence-electron chi connectivity index (χ1n) is 2.52. The van der Waals surface area contributed by atoms with Gasteiger partial charge < -0.3 is 4.74 Å². The van der Waals surface area contributed by atoms with E-state index in [1.807, 2.05) is 0 Å². The van der Waals surface area contributed by atoms with E-state index in [0.29, 0.717) is 5.33 Å². The zero-order valence-corrected chi connectivity index (χ0v) is 12.4. The summed E-state index contributed by atoms with van der Waals surface area (Å²) in [4.78, 5) is 10.8. The Labute approximate surface area is 98.5 Å². The van der Waals surface area contributed by atoms with Gasteiger partial charge in [0.1, 0.15) is 4.32 Å². The summed E-state index contributed by atoms with van der Waals surface area (Å²) in [5.74, 6) is -0.264. The Balaban J connectivity index is 0. The van der Waals surface area contributed by atoms with Crippen LogP contribution in [0.25, 0.3) is 0 Å². The number of ether oxygens (including phenoxy) is 1. The molecule has 0 heterocycles. The van der Waals surface area contributed by atoms with E-state index < -0.39 is 4.32 Å². The average molecular weight is 420 g/mol. The fourth-order valence-corrected chi connectivity index (χ4v) is 0.658. The summed E-state index contributed by atoms with van der Waals surface area (Å²) in [6.07, 6.45) is 0. The fourth-order valence-electron chi connectivity index (χ4n) is 0.267. The number of hydrogen-bond donors (Lipinski definition) is 0. The lowest BCUT2D eigenvalue weighted by Crippen LogP contribution is -2.30. The molecule has 0 aromatic heterocycles. The SMILES string of the molecule is BrBr.COC(=O)C(C)(Br)CBr. The number of hydrogen-bond acceptors (Lipinski definition) is 2. The first-order valence-corrected chi connectivity index (χ1v) is 8.15. The van der Waals surface area contributed by atoms with Crippen molar-refractivity contribution >= 4 is 66.1 Å². The van der Waals surface area contributed by atoms with Gasteiger partial charge in [0.2, 0.25) is 0 Å². The topological polar surface area (TPSA) is 26.3 Å². The van der Waals surface area contributed by atoms with Gasteiger partial charge in [-0.2, -0.15) is 0 Å². The third-order valence-corrected chi connectivity index (χ3v) is 3.34. The smallest absolute Gasteiger partial charge is 0.323 e. The molecule has 0 fully saturated rings. The number of rotatable bonds is 2. The molecule has 1 unspecified atom stereocenters. The van der Waals surface area contributed by atoms with Crippen molar-refractivity contribution in [3.8, 4) is 0 Å². The molecule has 0 N–H and O–H groups in total. The highest BCUT2D eigenvalue weighted by Gasteiger charge is 2.29. The molecule has 0 radical (unpaired) electrons. The highest BCUT2D eigenvalue weighted by molar-refractivity contribution is 9.93. The summed E-state index contributed by atoms with van der Waals surface area (Å²) in [5, 5.41) is 0.548. The van der Waals surface area contributed by atoms with Crippen LogP contribution in [0, 0.1) is 0 Å². The van der Waals surface area contributed by atoms with Crippen molar-refractivity contribution in [2.24, 2.45) is 0 Å². The van der Waals surface area contributed by atoms with Crippen LogP contribution in [-0.2, 0) is 9.53 Å². The number of methoxy groups -OCH3 is 1. The molecular formula is C5H8Br4O2. The molecule has 0 aliphatic rings. The molecule has 11 heavy (non-hydrogen) atoms. The molecule has 6 heteroatoms. The Morgan fingerprint density at radius 2 is 1.91 bits per heavy atom. The van der Waals surface area contributed by atoms with Gasteiger partial charge >= 0.3 is 5.97 Å². The van der Waals surface area contributed by atoms with Gasteiger partial charge in [-0.25, -0.2) is 0 Å². The van der Waals surface area contributed by atoms with Crippen LogP contribution < -0.4 is 0 Å². The normalized spacial score (nSPS) is 14.0.